The van der Waals surface area contributed by atoms with Gasteiger partial charge in [0.15, 0.2) is 0 Å². The summed E-state index contributed by atoms with van der Waals surface area (Å²) >= 11 is 0. The van der Waals surface area contributed by atoms with Crippen LogP contribution in [-0.4, -0.2) is 34.8 Å². The van der Waals surface area contributed by atoms with Crippen LogP contribution in [0, 0.1) is 6.92 Å². The molecule has 5 nitrogen and oxygen atoms in total. The minimum Gasteiger partial charge on any atom is -0.494 e. The minimum absolute atomic E-state index is 0.0534. The quantitative estimate of drug-likeness (QED) is 0.825. The fraction of sp³-hybridized carbons (Fsp3) is 0.500. The third-order valence-corrected chi connectivity index (χ3v) is 4.18. The SMILES string of the molecule is CCOc1ccc2c(c1)c(C)c(C(=O)NC(CC)CO)n2CC. The van der Waals surface area contributed by atoms with Crippen LogP contribution in [0.3, 0.4) is 0 Å². The van der Waals surface area contributed by atoms with E-state index in [1.807, 2.05) is 50.5 Å². The maximum Gasteiger partial charge on any atom is 0.268 e. The standard InChI is InChI=1S/C18H26N2O3/c1-5-13(11-21)19-18(22)17-12(4)15-10-14(23-7-3)8-9-16(15)20(17)6-2/h8-10,13,21H,5-7,11H2,1-4H3,(H,19,22). The molecule has 0 fully saturated rings. The number of carbonyl (C=O) groups is 1. The molecule has 2 N–H and O–H groups in total. The Kier molecular flexibility index (Phi) is 5.66. The van der Waals surface area contributed by atoms with E-state index in [4.69, 9.17) is 4.74 Å². The molecule has 0 aliphatic rings. The van der Waals surface area contributed by atoms with Crippen molar-refractivity contribution < 1.29 is 14.6 Å². The second-order valence-electron chi connectivity index (χ2n) is 5.59. The third kappa shape index (κ3) is 3.34. The molecule has 1 heterocycles. The van der Waals surface area contributed by atoms with Crippen LogP contribution in [0.1, 0.15) is 43.2 Å². The highest BCUT2D eigenvalue weighted by atomic mass is 16.5. The summed E-state index contributed by atoms with van der Waals surface area (Å²) in [5, 5.41) is 13.3. The number of hydrogen-bond acceptors (Lipinski definition) is 3. The average Bonchev–Trinajstić information content (AvgIpc) is 2.84. The van der Waals surface area contributed by atoms with Gasteiger partial charge in [0.25, 0.3) is 5.91 Å². The number of rotatable bonds is 7. The van der Waals surface area contributed by atoms with E-state index < -0.39 is 0 Å². The third-order valence-electron chi connectivity index (χ3n) is 4.18. The van der Waals surface area contributed by atoms with E-state index in [0.717, 1.165) is 22.2 Å². The van der Waals surface area contributed by atoms with Crippen LogP contribution in [0.25, 0.3) is 10.9 Å². The molecule has 2 aromatic rings. The van der Waals surface area contributed by atoms with Crippen LogP contribution < -0.4 is 10.1 Å². The summed E-state index contributed by atoms with van der Waals surface area (Å²) in [6.07, 6.45) is 0.697. The van der Waals surface area contributed by atoms with Crippen molar-refractivity contribution in [1.82, 2.24) is 9.88 Å². The van der Waals surface area contributed by atoms with Gasteiger partial charge in [-0.05, 0) is 51.0 Å². The van der Waals surface area contributed by atoms with Crippen LogP contribution >= 0.6 is 0 Å². The summed E-state index contributed by atoms with van der Waals surface area (Å²) in [5.41, 5.74) is 2.62. The number of aryl methyl sites for hydroxylation is 2. The monoisotopic (exact) mass is 318 g/mol. The Morgan fingerprint density at radius 3 is 2.65 bits per heavy atom. The molecule has 23 heavy (non-hydrogen) atoms. The summed E-state index contributed by atoms with van der Waals surface area (Å²) in [5.74, 6) is 0.671. The van der Waals surface area contributed by atoms with Gasteiger partial charge in [-0.2, -0.15) is 0 Å². The van der Waals surface area contributed by atoms with Crippen molar-refractivity contribution in [3.05, 3.63) is 29.5 Å². The van der Waals surface area contributed by atoms with Gasteiger partial charge in [0.05, 0.1) is 19.3 Å². The van der Waals surface area contributed by atoms with Crippen LogP contribution in [0.5, 0.6) is 5.75 Å². The molecule has 126 valence electrons. The van der Waals surface area contributed by atoms with Crippen molar-refractivity contribution in [1.29, 1.82) is 0 Å². The molecule has 0 radical (unpaired) electrons. The van der Waals surface area contributed by atoms with E-state index in [1.54, 1.807) is 0 Å². The van der Waals surface area contributed by atoms with E-state index in [0.29, 0.717) is 25.3 Å². The lowest BCUT2D eigenvalue weighted by atomic mass is 10.1. The Labute approximate surface area is 137 Å². The van der Waals surface area contributed by atoms with Gasteiger partial charge in [0, 0.05) is 17.4 Å². The lowest BCUT2D eigenvalue weighted by molar-refractivity contribution is 0.0905. The molecule has 0 spiro atoms. The number of aliphatic hydroxyl groups is 1. The summed E-state index contributed by atoms with van der Waals surface area (Å²) in [7, 11) is 0. The lowest BCUT2D eigenvalue weighted by Gasteiger charge is -2.15. The number of nitrogens with zero attached hydrogens (tertiary/aromatic N) is 1. The predicted molar refractivity (Wildman–Crippen MR) is 92.1 cm³/mol. The highest BCUT2D eigenvalue weighted by Gasteiger charge is 2.21. The molecule has 1 aromatic heterocycles. The summed E-state index contributed by atoms with van der Waals surface area (Å²) in [6, 6.07) is 5.70. The van der Waals surface area contributed by atoms with Gasteiger partial charge in [-0.25, -0.2) is 0 Å². The molecule has 0 aliphatic carbocycles. The Balaban J connectivity index is 2.50. The Hall–Kier alpha value is -2.01. The summed E-state index contributed by atoms with van der Waals surface area (Å²) < 4.78 is 7.58. The molecule has 0 aliphatic heterocycles. The normalized spacial score (nSPS) is 12.4. The van der Waals surface area contributed by atoms with Crippen LogP contribution in [0.4, 0.5) is 0 Å². The zero-order chi connectivity index (χ0) is 17.0. The van der Waals surface area contributed by atoms with Gasteiger partial charge >= 0.3 is 0 Å². The maximum absolute atomic E-state index is 12.7. The fourth-order valence-corrected chi connectivity index (χ4v) is 2.91. The molecule has 0 saturated carbocycles. The molecule has 1 amide bonds. The van der Waals surface area contributed by atoms with E-state index >= 15 is 0 Å². The number of benzene rings is 1. The van der Waals surface area contributed by atoms with E-state index in [1.165, 1.54) is 0 Å². The van der Waals surface area contributed by atoms with Gasteiger partial charge in [0.1, 0.15) is 11.4 Å². The van der Waals surface area contributed by atoms with Crippen molar-refractivity contribution in [2.45, 2.75) is 46.7 Å². The zero-order valence-corrected chi connectivity index (χ0v) is 14.3. The first kappa shape index (κ1) is 17.3. The first-order valence-corrected chi connectivity index (χ1v) is 8.24. The minimum atomic E-state index is -0.218. The van der Waals surface area contributed by atoms with E-state index in [-0.39, 0.29) is 18.6 Å². The van der Waals surface area contributed by atoms with Crippen molar-refractivity contribution in [2.75, 3.05) is 13.2 Å². The van der Waals surface area contributed by atoms with Crippen molar-refractivity contribution in [3.8, 4) is 5.75 Å². The number of ether oxygens (including phenoxy) is 1. The fourth-order valence-electron chi connectivity index (χ4n) is 2.91. The molecule has 1 atom stereocenters. The zero-order valence-electron chi connectivity index (χ0n) is 14.3. The average molecular weight is 318 g/mol. The molecule has 1 unspecified atom stereocenters. The van der Waals surface area contributed by atoms with Gasteiger partial charge in [-0.15, -0.1) is 0 Å². The topological polar surface area (TPSA) is 63.5 Å². The second-order valence-corrected chi connectivity index (χ2v) is 5.59. The van der Waals surface area contributed by atoms with E-state index in [9.17, 15) is 9.90 Å². The first-order chi connectivity index (χ1) is 11.1. The first-order valence-electron chi connectivity index (χ1n) is 8.24. The smallest absolute Gasteiger partial charge is 0.268 e. The summed E-state index contributed by atoms with van der Waals surface area (Å²) in [6.45, 7) is 9.14. The number of hydrogen-bond donors (Lipinski definition) is 2. The summed E-state index contributed by atoms with van der Waals surface area (Å²) in [4.78, 5) is 12.7. The van der Waals surface area contributed by atoms with Gasteiger partial charge in [-0.3, -0.25) is 4.79 Å². The van der Waals surface area contributed by atoms with Crippen LogP contribution in [0.2, 0.25) is 0 Å². The van der Waals surface area contributed by atoms with Crippen molar-refractivity contribution >= 4 is 16.8 Å². The molecule has 1 aromatic carbocycles. The van der Waals surface area contributed by atoms with Crippen LogP contribution in [-0.2, 0) is 6.54 Å². The van der Waals surface area contributed by atoms with Gasteiger partial charge in [0.2, 0.25) is 0 Å². The molecule has 5 heteroatoms. The Morgan fingerprint density at radius 2 is 2.09 bits per heavy atom. The number of fused-ring (bicyclic) bond motifs is 1. The maximum atomic E-state index is 12.7. The van der Waals surface area contributed by atoms with Crippen LogP contribution in [0.15, 0.2) is 18.2 Å². The molecule has 0 bridgehead atoms. The number of aromatic nitrogens is 1. The highest BCUT2D eigenvalue weighted by Crippen LogP contribution is 2.29. The highest BCUT2D eigenvalue weighted by molar-refractivity contribution is 6.02. The number of nitrogens with one attached hydrogen (secondary N) is 1. The lowest BCUT2D eigenvalue weighted by Crippen LogP contribution is -2.38. The Morgan fingerprint density at radius 1 is 1.35 bits per heavy atom. The van der Waals surface area contributed by atoms with Gasteiger partial charge in [-0.1, -0.05) is 6.92 Å². The molecular formula is C18H26N2O3. The second kappa shape index (κ2) is 7.51. The molecular weight excluding hydrogens is 292 g/mol. The number of aliphatic hydroxyl groups excluding tert-OH is 1. The van der Waals surface area contributed by atoms with Crippen molar-refractivity contribution in [2.24, 2.45) is 0 Å². The van der Waals surface area contributed by atoms with Gasteiger partial charge < -0.3 is 19.7 Å². The van der Waals surface area contributed by atoms with E-state index in [2.05, 4.69) is 5.32 Å². The largest absolute Gasteiger partial charge is 0.494 e. The number of amides is 1. The Bertz CT molecular complexity index is 687. The molecule has 2 rings (SSSR count). The van der Waals surface area contributed by atoms with Crippen molar-refractivity contribution in [3.63, 3.8) is 0 Å². The predicted octanol–water partition coefficient (Wildman–Crippen LogP) is 2.87. The molecule has 0 saturated heterocycles. The number of carbonyl (C=O) groups excluding carboxylic acids is 1.